The van der Waals surface area contributed by atoms with E-state index in [1.807, 2.05) is 51.0 Å². The molecule has 4 amide bonds. The summed E-state index contributed by atoms with van der Waals surface area (Å²) in [5, 5.41) is 16.8. The van der Waals surface area contributed by atoms with Gasteiger partial charge >= 0.3 is 5.97 Å². The van der Waals surface area contributed by atoms with E-state index >= 15 is 0 Å². The molecule has 5 heterocycles. The molecule has 3 N–H and O–H groups in total. The predicted octanol–water partition coefficient (Wildman–Crippen LogP) is 5.34. The molecular weight excluding hydrogens is 877 g/mol. The Hall–Kier alpha value is -6.10. The Morgan fingerprint density at radius 3 is 2.57 bits per heavy atom. The maximum absolute atomic E-state index is 14.8. The van der Waals surface area contributed by atoms with Crippen LogP contribution in [0.5, 0.6) is 5.75 Å². The minimum absolute atomic E-state index is 0.00982. The van der Waals surface area contributed by atoms with Crippen molar-refractivity contribution >= 4 is 40.5 Å². The van der Waals surface area contributed by atoms with E-state index in [1.165, 1.54) is 16.0 Å². The Bertz CT molecular complexity index is 2580. The van der Waals surface area contributed by atoms with Crippen LogP contribution in [-0.2, 0) is 59.4 Å². The van der Waals surface area contributed by atoms with Gasteiger partial charge in [0, 0.05) is 87.5 Å². The second kappa shape index (κ2) is 21.7. The molecule has 6 bridgehead atoms. The summed E-state index contributed by atoms with van der Waals surface area (Å²) in [5.41, 5.74) is 9.56. The lowest BCUT2D eigenvalue weighted by Gasteiger charge is -2.37. The molecule has 3 aliphatic heterocycles. The number of amides is 4. The van der Waals surface area contributed by atoms with Crippen LogP contribution in [0, 0.1) is 17.3 Å². The van der Waals surface area contributed by atoms with Crippen molar-refractivity contribution < 1.29 is 38.6 Å². The quantitative estimate of drug-likeness (QED) is 0.123. The summed E-state index contributed by atoms with van der Waals surface area (Å²) in [5.74, 6) is -2.75. The molecule has 16 heteroatoms. The fourth-order valence-corrected chi connectivity index (χ4v) is 10.2. The average Bonchev–Trinajstić information content (AvgIpc) is 3.93. The molecule has 16 nitrogen and oxygen atoms in total. The molecule has 0 spiro atoms. The van der Waals surface area contributed by atoms with Crippen LogP contribution < -0.4 is 10.7 Å². The summed E-state index contributed by atoms with van der Waals surface area (Å²) in [6, 6.07) is 12.5. The van der Waals surface area contributed by atoms with Crippen LogP contribution in [0.15, 0.2) is 66.9 Å². The van der Waals surface area contributed by atoms with Gasteiger partial charge in [-0.1, -0.05) is 45.9 Å². The van der Waals surface area contributed by atoms with Gasteiger partial charge < -0.3 is 39.2 Å². The lowest BCUT2D eigenvalue weighted by Crippen LogP contribution is -2.62. The topological polar surface area (TPSA) is 179 Å². The Morgan fingerprint density at radius 2 is 1.84 bits per heavy atom. The molecule has 7 rings (SSSR count). The number of cyclic esters (lactones) is 1. The number of methoxy groups -OCH3 is 1. The van der Waals surface area contributed by atoms with E-state index in [1.54, 1.807) is 43.5 Å². The molecule has 0 radical (unpaired) electrons. The Labute approximate surface area is 406 Å². The van der Waals surface area contributed by atoms with Crippen LogP contribution in [0.4, 0.5) is 0 Å². The van der Waals surface area contributed by atoms with Gasteiger partial charge in [-0.3, -0.25) is 34.0 Å². The van der Waals surface area contributed by atoms with Gasteiger partial charge in [-0.2, -0.15) is 0 Å². The molecule has 69 heavy (non-hydrogen) atoms. The first-order valence-electron chi connectivity index (χ1n) is 24.2. The summed E-state index contributed by atoms with van der Waals surface area (Å²) >= 11 is 0. The maximum Gasteiger partial charge on any atom is 0.324 e. The number of rotatable bonds is 12. The highest BCUT2D eigenvalue weighted by Gasteiger charge is 2.40. The van der Waals surface area contributed by atoms with Gasteiger partial charge in [0.15, 0.2) is 0 Å². The van der Waals surface area contributed by atoms with Gasteiger partial charge in [0.25, 0.3) is 5.91 Å². The number of ether oxygens (including phenoxy) is 2. The van der Waals surface area contributed by atoms with Crippen molar-refractivity contribution in [2.24, 2.45) is 17.3 Å². The molecular formula is C53H70N8O8. The Morgan fingerprint density at radius 1 is 1.06 bits per heavy atom. The number of hydrogen-bond donors (Lipinski definition) is 3. The Balaban J connectivity index is 1.25. The monoisotopic (exact) mass is 947 g/mol. The van der Waals surface area contributed by atoms with Gasteiger partial charge in [0.05, 0.1) is 30.5 Å². The van der Waals surface area contributed by atoms with E-state index in [9.17, 15) is 29.1 Å². The standard InChI is InChI=1S/C53H70N8O8/c1-10-60-45-18-17-35-28-40(45)41(48(60)39-14-11-20-54-44(39)31-68-9)29-53(4,5)32-69-52(67)42-15-12-22-61(56-42)51(66)43(26-34-24-37(35)27-38(62)25-34)55-49(64)47(33(2)3)58(8)50(65)36-19-23-59(30-36)46(63)16-13-21-57(6)7/h11,13-14,16-18,20,24-25,27-28,33,36,42-43,47,56,62H,10,12,15,19,21-23,26,29-32H2,1-9H3,(H,55,64)/b16-13+/t36-,42-,43-,47-/m0/s1. The third kappa shape index (κ3) is 11.5. The third-order valence-corrected chi connectivity index (χ3v) is 13.5. The number of likely N-dealkylation sites (tertiary alicyclic amines) is 1. The minimum Gasteiger partial charge on any atom is -0.508 e. The highest BCUT2D eigenvalue weighted by Crippen LogP contribution is 2.41. The van der Waals surface area contributed by atoms with Crippen molar-refractivity contribution in [2.75, 3.05) is 61.0 Å². The van der Waals surface area contributed by atoms with Crippen molar-refractivity contribution in [2.45, 2.75) is 98.0 Å². The number of esters is 1. The van der Waals surface area contributed by atoms with Crippen LogP contribution in [0.2, 0.25) is 0 Å². The first-order chi connectivity index (χ1) is 32.9. The van der Waals surface area contributed by atoms with E-state index in [2.05, 4.69) is 54.3 Å². The zero-order valence-electron chi connectivity index (χ0n) is 41.7. The SMILES string of the molecule is CCn1c(-c2cccnc2COC)c2c3cc(ccc31)-c1cc(O)cc(c1)C[C@H](NC(=O)[C@H](C(C)C)N(C)C(=O)[C@H]1CCN(C(=O)/C=C/CN(C)C)C1)C(=O)N1CCC[C@H](N1)C(=O)OCC(C)(C)C2. The van der Waals surface area contributed by atoms with E-state index in [0.717, 1.165) is 44.5 Å². The summed E-state index contributed by atoms with van der Waals surface area (Å²) in [6.45, 7) is 12.6. The van der Waals surface area contributed by atoms with E-state index in [4.69, 9.17) is 14.5 Å². The number of phenols is 1. The number of aromatic hydroxyl groups is 1. The largest absolute Gasteiger partial charge is 0.508 e. The van der Waals surface area contributed by atoms with Gasteiger partial charge in [-0.05, 0) is 111 Å². The molecule has 0 aliphatic carbocycles. The maximum atomic E-state index is 14.8. The van der Waals surface area contributed by atoms with Crippen molar-refractivity contribution in [1.82, 2.24) is 40.0 Å². The molecule has 0 unspecified atom stereocenters. The molecule has 0 saturated carbocycles. The number of carbonyl (C=O) groups excluding carboxylic acids is 5. The number of phenolic OH excluding ortho intramolecular Hbond substituents is 1. The molecule has 370 valence electrons. The van der Waals surface area contributed by atoms with Gasteiger partial charge in [-0.25, -0.2) is 5.43 Å². The van der Waals surface area contributed by atoms with Crippen LogP contribution in [0.25, 0.3) is 33.3 Å². The molecule has 2 aromatic carbocycles. The number of pyridine rings is 1. The first-order valence-corrected chi connectivity index (χ1v) is 24.2. The highest BCUT2D eigenvalue weighted by atomic mass is 16.5. The zero-order chi connectivity index (χ0) is 49.7. The van der Waals surface area contributed by atoms with Crippen molar-refractivity contribution in [3.63, 3.8) is 0 Å². The van der Waals surface area contributed by atoms with E-state index < -0.39 is 47.2 Å². The van der Waals surface area contributed by atoms with Crippen LogP contribution >= 0.6 is 0 Å². The summed E-state index contributed by atoms with van der Waals surface area (Å²) < 4.78 is 14.0. The number of aryl methyl sites for hydroxylation is 1. The highest BCUT2D eigenvalue weighted by molar-refractivity contribution is 5.96. The summed E-state index contributed by atoms with van der Waals surface area (Å²) in [6.07, 6.45) is 7.04. The number of likely N-dealkylation sites (N-methyl/N-ethyl adjacent to an activating group) is 2. The average molecular weight is 947 g/mol. The summed E-state index contributed by atoms with van der Waals surface area (Å²) in [7, 11) is 7.08. The first kappa shape index (κ1) is 50.8. The predicted molar refractivity (Wildman–Crippen MR) is 264 cm³/mol. The molecule has 3 aliphatic rings. The number of fused-ring (bicyclic) bond motifs is 6. The molecule has 2 saturated heterocycles. The summed E-state index contributed by atoms with van der Waals surface area (Å²) in [4.78, 5) is 80.1. The normalized spacial score (nSPS) is 20.4. The minimum atomic E-state index is -1.17. The number of hydrazine groups is 1. The van der Waals surface area contributed by atoms with Gasteiger partial charge in [-0.15, -0.1) is 0 Å². The van der Waals surface area contributed by atoms with Crippen molar-refractivity contribution in [3.05, 3.63) is 83.7 Å². The zero-order valence-corrected chi connectivity index (χ0v) is 41.7. The molecule has 2 aromatic heterocycles. The molecule has 4 atom stereocenters. The molecule has 4 aromatic rings. The second-order valence-electron chi connectivity index (χ2n) is 20.2. The van der Waals surface area contributed by atoms with Crippen molar-refractivity contribution in [1.29, 1.82) is 0 Å². The number of nitrogens with one attached hydrogen (secondary N) is 2. The smallest absolute Gasteiger partial charge is 0.324 e. The third-order valence-electron chi connectivity index (χ3n) is 13.5. The van der Waals surface area contributed by atoms with E-state index in [-0.39, 0.29) is 49.6 Å². The number of carbonyl (C=O) groups is 5. The number of aromatic nitrogens is 2. The van der Waals surface area contributed by atoms with Crippen molar-refractivity contribution in [3.8, 4) is 28.1 Å². The lowest BCUT2D eigenvalue weighted by molar-refractivity contribution is -0.155. The second-order valence-corrected chi connectivity index (χ2v) is 20.2. The van der Waals surface area contributed by atoms with Crippen LogP contribution in [-0.4, -0.2) is 143 Å². The lowest BCUT2D eigenvalue weighted by atomic mass is 9.84. The Kier molecular flexibility index (Phi) is 16.0. The van der Waals surface area contributed by atoms with Gasteiger partial charge in [0.2, 0.25) is 17.7 Å². The van der Waals surface area contributed by atoms with E-state index in [0.29, 0.717) is 57.5 Å². The fourth-order valence-electron chi connectivity index (χ4n) is 10.2. The fraction of sp³-hybridized carbons (Fsp3) is 0.509. The number of nitrogens with zero attached hydrogens (tertiary/aromatic N) is 6. The molecule has 2 fully saturated rings. The van der Waals surface area contributed by atoms with Gasteiger partial charge in [0.1, 0.15) is 23.9 Å². The van der Waals surface area contributed by atoms with Crippen LogP contribution in [0.3, 0.4) is 0 Å². The number of benzene rings is 2. The number of hydrogen-bond acceptors (Lipinski definition) is 11. The van der Waals surface area contributed by atoms with Crippen LogP contribution in [0.1, 0.15) is 70.7 Å².